The van der Waals surface area contributed by atoms with Crippen molar-refractivity contribution < 1.29 is 4.39 Å². The van der Waals surface area contributed by atoms with Gasteiger partial charge >= 0.3 is 0 Å². The summed E-state index contributed by atoms with van der Waals surface area (Å²) in [6, 6.07) is 2.96. The molecular weight excluding hydrogens is 232 g/mol. The average Bonchev–Trinajstić information content (AvgIpc) is 1.84. The van der Waals surface area contributed by atoms with E-state index in [9.17, 15) is 4.39 Å². The predicted octanol–water partition coefficient (Wildman–Crippen LogP) is 2.90. The molecule has 1 rings (SSSR count). The summed E-state index contributed by atoms with van der Waals surface area (Å²) in [5.74, 6) is -0.235. The van der Waals surface area contributed by atoms with Crippen LogP contribution in [0.2, 0.25) is 0 Å². The van der Waals surface area contributed by atoms with Gasteiger partial charge in [0.15, 0.2) is 0 Å². The zero-order valence-electron chi connectivity index (χ0n) is 5.90. The minimum atomic E-state index is -0.235. The molecule has 0 saturated carbocycles. The van der Waals surface area contributed by atoms with Gasteiger partial charge in [0, 0.05) is 10.2 Å². The summed E-state index contributed by atoms with van der Waals surface area (Å²) in [4.78, 5) is 0. The largest absolute Gasteiger partial charge is 0.398 e. The normalized spacial score (nSPS) is 9.00. The first-order valence-corrected chi connectivity index (χ1v) is 3.61. The van der Waals surface area contributed by atoms with Crippen LogP contribution in [0.5, 0.6) is 0 Å². The van der Waals surface area contributed by atoms with Gasteiger partial charge in [-0.3, -0.25) is 0 Å². The molecule has 0 bridgehead atoms. The molecule has 0 saturated heterocycles. The molecule has 4 heteroatoms. The van der Waals surface area contributed by atoms with E-state index in [-0.39, 0.29) is 18.2 Å². The number of benzene rings is 1. The molecular formula is C7H8BrClFN. The standard InChI is InChI=1S/C7H7BrFN.ClH/c1-4-2-7(10)5(8)3-6(4)9;/h2-3H,10H2,1H3;1H. The van der Waals surface area contributed by atoms with Crippen LogP contribution in [0.25, 0.3) is 0 Å². The van der Waals surface area contributed by atoms with Crippen molar-refractivity contribution in [3.8, 4) is 0 Å². The number of aryl methyl sites for hydroxylation is 1. The third-order valence-corrected chi connectivity index (χ3v) is 1.96. The van der Waals surface area contributed by atoms with Gasteiger partial charge in [-0.1, -0.05) is 0 Å². The molecule has 1 aromatic rings. The van der Waals surface area contributed by atoms with Crippen molar-refractivity contribution in [2.24, 2.45) is 0 Å². The monoisotopic (exact) mass is 239 g/mol. The van der Waals surface area contributed by atoms with Gasteiger partial charge in [-0.2, -0.15) is 0 Å². The molecule has 0 heterocycles. The third kappa shape index (κ3) is 2.34. The van der Waals surface area contributed by atoms with Crippen LogP contribution in [0.15, 0.2) is 16.6 Å². The van der Waals surface area contributed by atoms with E-state index >= 15 is 0 Å². The maximum atomic E-state index is 12.7. The summed E-state index contributed by atoms with van der Waals surface area (Å²) in [7, 11) is 0. The van der Waals surface area contributed by atoms with Crippen molar-refractivity contribution in [1.82, 2.24) is 0 Å². The molecule has 1 aromatic carbocycles. The quantitative estimate of drug-likeness (QED) is 0.693. The zero-order valence-corrected chi connectivity index (χ0v) is 8.30. The highest BCUT2D eigenvalue weighted by Crippen LogP contribution is 2.22. The predicted molar refractivity (Wildman–Crippen MR) is 50.5 cm³/mol. The zero-order chi connectivity index (χ0) is 7.72. The number of nitrogens with two attached hydrogens (primary N) is 1. The molecule has 0 aliphatic heterocycles. The molecule has 0 atom stereocenters. The number of hydrogen-bond donors (Lipinski definition) is 1. The molecule has 0 spiro atoms. The number of hydrogen-bond acceptors (Lipinski definition) is 1. The fraction of sp³-hybridized carbons (Fsp3) is 0.143. The highest BCUT2D eigenvalue weighted by Gasteiger charge is 2.00. The van der Waals surface area contributed by atoms with E-state index in [2.05, 4.69) is 15.9 Å². The Kier molecular flexibility index (Phi) is 3.83. The molecule has 0 amide bonds. The molecule has 0 unspecified atom stereocenters. The Morgan fingerprint density at radius 2 is 2.00 bits per heavy atom. The summed E-state index contributed by atoms with van der Waals surface area (Å²) in [5, 5.41) is 0. The molecule has 0 aromatic heterocycles. The van der Waals surface area contributed by atoms with Crippen LogP contribution in [0.3, 0.4) is 0 Å². The lowest BCUT2D eigenvalue weighted by molar-refractivity contribution is 0.618. The van der Waals surface area contributed by atoms with Crippen LogP contribution >= 0.6 is 28.3 Å². The number of anilines is 1. The Bertz CT molecular complexity index is 215. The van der Waals surface area contributed by atoms with Crippen molar-refractivity contribution in [1.29, 1.82) is 0 Å². The maximum Gasteiger partial charge on any atom is 0.127 e. The summed E-state index contributed by atoms with van der Waals surface area (Å²) >= 11 is 3.12. The van der Waals surface area contributed by atoms with Gasteiger partial charge in [-0.15, -0.1) is 12.4 Å². The highest BCUT2D eigenvalue weighted by molar-refractivity contribution is 9.10. The van der Waals surface area contributed by atoms with Crippen LogP contribution in [0.1, 0.15) is 5.56 Å². The second kappa shape index (κ2) is 3.93. The molecule has 0 aliphatic carbocycles. The first-order valence-electron chi connectivity index (χ1n) is 2.82. The van der Waals surface area contributed by atoms with Crippen molar-refractivity contribution in [2.75, 3.05) is 5.73 Å². The lowest BCUT2D eigenvalue weighted by Crippen LogP contribution is -1.90. The SMILES string of the molecule is Cc1cc(N)c(Br)cc1F.Cl. The Hall–Kier alpha value is -0.280. The lowest BCUT2D eigenvalue weighted by atomic mass is 10.2. The molecule has 11 heavy (non-hydrogen) atoms. The van der Waals surface area contributed by atoms with Gasteiger partial charge in [-0.25, -0.2) is 4.39 Å². The second-order valence-electron chi connectivity index (χ2n) is 2.12. The van der Waals surface area contributed by atoms with E-state index in [4.69, 9.17) is 5.73 Å². The van der Waals surface area contributed by atoms with Crippen LogP contribution < -0.4 is 5.73 Å². The molecule has 1 nitrogen and oxygen atoms in total. The second-order valence-corrected chi connectivity index (χ2v) is 2.98. The van der Waals surface area contributed by atoms with Gasteiger partial charge in [-0.05, 0) is 40.5 Å². The summed E-state index contributed by atoms with van der Waals surface area (Å²) < 4.78 is 13.3. The first kappa shape index (κ1) is 10.7. The Balaban J connectivity index is 0.000001000. The highest BCUT2D eigenvalue weighted by atomic mass is 79.9. The van der Waals surface area contributed by atoms with Crippen molar-refractivity contribution >= 4 is 34.0 Å². The average molecular weight is 241 g/mol. The number of nitrogen functional groups attached to an aromatic ring is 1. The van der Waals surface area contributed by atoms with Gasteiger partial charge in [0.25, 0.3) is 0 Å². The fourth-order valence-electron chi connectivity index (χ4n) is 0.680. The van der Waals surface area contributed by atoms with Gasteiger partial charge < -0.3 is 5.73 Å². The minimum absolute atomic E-state index is 0. The Morgan fingerprint density at radius 3 is 2.45 bits per heavy atom. The summed E-state index contributed by atoms with van der Waals surface area (Å²) in [6.45, 7) is 1.68. The van der Waals surface area contributed by atoms with E-state index in [1.807, 2.05) is 0 Å². The van der Waals surface area contributed by atoms with E-state index in [1.165, 1.54) is 6.07 Å². The molecule has 62 valence electrons. The Morgan fingerprint density at radius 1 is 1.45 bits per heavy atom. The van der Waals surface area contributed by atoms with Gasteiger partial charge in [0.2, 0.25) is 0 Å². The first-order chi connectivity index (χ1) is 4.61. The Labute approximate surface area is 79.3 Å². The summed E-state index contributed by atoms with van der Waals surface area (Å²) in [6.07, 6.45) is 0. The topological polar surface area (TPSA) is 26.0 Å². The smallest absolute Gasteiger partial charge is 0.127 e. The molecule has 0 fully saturated rings. The van der Waals surface area contributed by atoms with Crippen molar-refractivity contribution in [2.45, 2.75) is 6.92 Å². The molecule has 0 aliphatic rings. The van der Waals surface area contributed by atoms with E-state index < -0.39 is 0 Å². The van der Waals surface area contributed by atoms with Gasteiger partial charge in [0.05, 0.1) is 0 Å². The van der Waals surface area contributed by atoms with E-state index in [0.29, 0.717) is 15.7 Å². The van der Waals surface area contributed by atoms with Gasteiger partial charge in [0.1, 0.15) is 5.82 Å². The van der Waals surface area contributed by atoms with Crippen LogP contribution in [0, 0.1) is 12.7 Å². The van der Waals surface area contributed by atoms with Crippen molar-refractivity contribution in [3.05, 3.63) is 28.0 Å². The van der Waals surface area contributed by atoms with Crippen LogP contribution in [0.4, 0.5) is 10.1 Å². The van der Waals surface area contributed by atoms with Crippen LogP contribution in [-0.4, -0.2) is 0 Å². The third-order valence-electron chi connectivity index (χ3n) is 1.28. The fourth-order valence-corrected chi connectivity index (χ4v) is 0.995. The van der Waals surface area contributed by atoms with Crippen LogP contribution in [-0.2, 0) is 0 Å². The molecule has 0 radical (unpaired) electrons. The lowest BCUT2D eigenvalue weighted by Gasteiger charge is -1.99. The van der Waals surface area contributed by atoms with E-state index in [0.717, 1.165) is 0 Å². The molecule has 2 N–H and O–H groups in total. The maximum absolute atomic E-state index is 12.7. The summed E-state index contributed by atoms with van der Waals surface area (Å²) in [5.41, 5.74) is 6.61. The number of halogens is 3. The van der Waals surface area contributed by atoms with Crippen molar-refractivity contribution in [3.63, 3.8) is 0 Å². The minimum Gasteiger partial charge on any atom is -0.398 e. The van der Waals surface area contributed by atoms with E-state index in [1.54, 1.807) is 13.0 Å². The number of rotatable bonds is 0.